The highest BCUT2D eigenvalue weighted by Crippen LogP contribution is 2.28. The largest absolute Gasteiger partial charge is 0.482 e. The molecule has 0 aromatic heterocycles. The SMILES string of the molecule is CN1CCN(CC(=O)Nc2cc(C(=O)O)ccc2OCC(F)(F)F)CC1. The van der Waals surface area contributed by atoms with E-state index in [0.717, 1.165) is 31.3 Å². The number of rotatable bonds is 6. The summed E-state index contributed by atoms with van der Waals surface area (Å²) in [4.78, 5) is 27.3. The Morgan fingerprint density at radius 3 is 2.46 bits per heavy atom. The van der Waals surface area contributed by atoms with Gasteiger partial charge in [0.1, 0.15) is 5.75 Å². The van der Waals surface area contributed by atoms with Gasteiger partial charge in [0.15, 0.2) is 6.61 Å². The molecule has 1 amide bonds. The predicted molar refractivity (Wildman–Crippen MR) is 87.5 cm³/mol. The molecule has 2 N–H and O–H groups in total. The van der Waals surface area contributed by atoms with Crippen LogP contribution in [0.3, 0.4) is 0 Å². The molecule has 7 nitrogen and oxygen atoms in total. The Morgan fingerprint density at radius 2 is 1.88 bits per heavy atom. The highest BCUT2D eigenvalue weighted by atomic mass is 19.4. The third-order valence-electron chi connectivity index (χ3n) is 3.86. The quantitative estimate of drug-likeness (QED) is 0.785. The van der Waals surface area contributed by atoms with Crippen molar-refractivity contribution in [3.05, 3.63) is 23.8 Å². The monoisotopic (exact) mass is 375 g/mol. The number of benzene rings is 1. The number of hydrogen-bond acceptors (Lipinski definition) is 5. The van der Waals surface area contributed by atoms with E-state index in [1.807, 2.05) is 11.9 Å². The Bertz CT molecular complexity index is 659. The van der Waals surface area contributed by atoms with Crippen LogP contribution in [0.25, 0.3) is 0 Å². The summed E-state index contributed by atoms with van der Waals surface area (Å²) >= 11 is 0. The Hall–Kier alpha value is -2.33. The zero-order valence-corrected chi connectivity index (χ0v) is 14.2. The van der Waals surface area contributed by atoms with E-state index in [0.29, 0.717) is 13.1 Å². The molecule has 0 spiro atoms. The van der Waals surface area contributed by atoms with Crippen LogP contribution in [0.15, 0.2) is 18.2 Å². The average molecular weight is 375 g/mol. The first-order valence-electron chi connectivity index (χ1n) is 7.92. The summed E-state index contributed by atoms with van der Waals surface area (Å²) in [6.07, 6.45) is -4.55. The number of piperazine rings is 1. The standard InChI is InChI=1S/C16H20F3N3O4/c1-21-4-6-22(7-5-21)9-14(23)20-12-8-11(15(24)25)2-3-13(12)26-10-16(17,18)19/h2-3,8H,4-7,9-10H2,1H3,(H,20,23)(H,24,25). The van der Waals surface area contributed by atoms with Crippen LogP contribution in [0.5, 0.6) is 5.75 Å². The maximum absolute atomic E-state index is 12.4. The Balaban J connectivity index is 2.07. The normalized spacial score (nSPS) is 16.3. The van der Waals surface area contributed by atoms with Gasteiger partial charge in [0.2, 0.25) is 5.91 Å². The molecule has 1 heterocycles. The van der Waals surface area contributed by atoms with Gasteiger partial charge >= 0.3 is 12.1 Å². The minimum atomic E-state index is -4.55. The number of carboxylic acid groups (broad SMARTS) is 1. The van der Waals surface area contributed by atoms with Gasteiger partial charge in [-0.05, 0) is 25.2 Å². The molecular formula is C16H20F3N3O4. The van der Waals surface area contributed by atoms with Gasteiger partial charge in [-0.2, -0.15) is 13.2 Å². The summed E-state index contributed by atoms with van der Waals surface area (Å²) in [7, 11) is 1.97. The number of likely N-dealkylation sites (N-methyl/N-ethyl adjacent to an activating group) is 1. The van der Waals surface area contributed by atoms with Gasteiger partial charge in [-0.3, -0.25) is 9.69 Å². The lowest BCUT2D eigenvalue weighted by atomic mass is 10.2. The summed E-state index contributed by atoms with van der Waals surface area (Å²) in [6, 6.07) is 3.29. The fraction of sp³-hybridized carbons (Fsp3) is 0.500. The number of alkyl halides is 3. The van der Waals surface area contributed by atoms with Crippen molar-refractivity contribution in [1.29, 1.82) is 0 Å². The molecule has 1 aromatic carbocycles. The molecule has 1 aliphatic rings. The van der Waals surface area contributed by atoms with Crippen molar-refractivity contribution in [2.75, 3.05) is 51.7 Å². The third-order valence-corrected chi connectivity index (χ3v) is 3.86. The molecule has 0 saturated carbocycles. The van der Waals surface area contributed by atoms with Gasteiger partial charge in [-0.1, -0.05) is 0 Å². The second kappa shape index (κ2) is 8.37. The molecule has 0 radical (unpaired) electrons. The van der Waals surface area contributed by atoms with Crippen LogP contribution >= 0.6 is 0 Å². The molecule has 0 bridgehead atoms. The fourth-order valence-corrected chi connectivity index (χ4v) is 2.44. The number of carboxylic acids is 1. The van der Waals surface area contributed by atoms with E-state index in [-0.39, 0.29) is 23.5 Å². The number of halogens is 3. The van der Waals surface area contributed by atoms with Crippen LogP contribution in [0.1, 0.15) is 10.4 Å². The number of carbonyl (C=O) groups is 2. The average Bonchev–Trinajstić information content (AvgIpc) is 2.54. The number of ether oxygens (including phenoxy) is 1. The molecule has 0 aliphatic carbocycles. The highest BCUT2D eigenvalue weighted by molar-refractivity contribution is 5.96. The van der Waals surface area contributed by atoms with Crippen molar-refractivity contribution in [2.45, 2.75) is 6.18 Å². The Labute approximate surface area is 148 Å². The summed E-state index contributed by atoms with van der Waals surface area (Å²) in [5, 5.41) is 11.5. The molecular weight excluding hydrogens is 355 g/mol. The first-order valence-corrected chi connectivity index (χ1v) is 7.92. The maximum Gasteiger partial charge on any atom is 0.422 e. The predicted octanol–water partition coefficient (Wildman–Crippen LogP) is 1.51. The minimum absolute atomic E-state index is 0.0594. The topological polar surface area (TPSA) is 82.1 Å². The first-order chi connectivity index (χ1) is 12.1. The van der Waals surface area contributed by atoms with E-state index in [1.54, 1.807) is 0 Å². The minimum Gasteiger partial charge on any atom is -0.482 e. The molecule has 0 atom stereocenters. The second-order valence-corrected chi connectivity index (χ2v) is 6.05. The van der Waals surface area contributed by atoms with Crippen molar-refractivity contribution in [3.8, 4) is 5.75 Å². The lowest BCUT2D eigenvalue weighted by Crippen LogP contribution is -2.47. The van der Waals surface area contributed by atoms with Crippen LogP contribution in [-0.2, 0) is 4.79 Å². The van der Waals surface area contributed by atoms with Gasteiger partial charge in [0, 0.05) is 26.2 Å². The number of anilines is 1. The number of nitrogens with zero attached hydrogens (tertiary/aromatic N) is 2. The second-order valence-electron chi connectivity index (χ2n) is 6.05. The third kappa shape index (κ3) is 6.19. The summed E-state index contributed by atoms with van der Waals surface area (Å²) in [6.45, 7) is 1.51. The van der Waals surface area contributed by atoms with E-state index in [1.165, 1.54) is 0 Å². The summed E-state index contributed by atoms with van der Waals surface area (Å²) < 4.78 is 41.8. The molecule has 10 heteroatoms. The zero-order valence-electron chi connectivity index (χ0n) is 14.2. The maximum atomic E-state index is 12.4. The summed E-state index contributed by atoms with van der Waals surface area (Å²) in [5.41, 5.74) is -0.271. The van der Waals surface area contributed by atoms with Crippen molar-refractivity contribution in [1.82, 2.24) is 9.80 Å². The number of nitrogens with one attached hydrogen (secondary N) is 1. The van der Waals surface area contributed by atoms with E-state index in [9.17, 15) is 22.8 Å². The van der Waals surface area contributed by atoms with E-state index >= 15 is 0 Å². The molecule has 0 unspecified atom stereocenters. The van der Waals surface area contributed by atoms with Crippen molar-refractivity contribution < 1.29 is 32.6 Å². The highest BCUT2D eigenvalue weighted by Gasteiger charge is 2.29. The molecule has 2 rings (SSSR count). The molecule has 1 aromatic rings. The van der Waals surface area contributed by atoms with E-state index in [2.05, 4.69) is 15.0 Å². The zero-order chi connectivity index (χ0) is 19.3. The molecule has 1 saturated heterocycles. The number of aromatic carboxylic acids is 1. The summed E-state index contributed by atoms with van der Waals surface area (Å²) in [5.74, 6) is -1.95. The molecule has 1 aliphatic heterocycles. The van der Waals surface area contributed by atoms with Crippen LogP contribution in [0.2, 0.25) is 0 Å². The molecule has 26 heavy (non-hydrogen) atoms. The van der Waals surface area contributed by atoms with Gasteiger partial charge in [-0.15, -0.1) is 0 Å². The number of hydrogen-bond donors (Lipinski definition) is 2. The van der Waals surface area contributed by atoms with Crippen molar-refractivity contribution in [3.63, 3.8) is 0 Å². The van der Waals surface area contributed by atoms with E-state index < -0.39 is 24.7 Å². The fourth-order valence-electron chi connectivity index (χ4n) is 2.44. The van der Waals surface area contributed by atoms with Crippen LogP contribution in [0.4, 0.5) is 18.9 Å². The van der Waals surface area contributed by atoms with Crippen molar-refractivity contribution >= 4 is 17.6 Å². The Kier molecular flexibility index (Phi) is 6.43. The van der Waals surface area contributed by atoms with Crippen LogP contribution in [0, 0.1) is 0 Å². The Morgan fingerprint density at radius 1 is 1.23 bits per heavy atom. The smallest absolute Gasteiger partial charge is 0.422 e. The van der Waals surface area contributed by atoms with Gasteiger partial charge in [0.05, 0.1) is 17.8 Å². The van der Waals surface area contributed by atoms with Gasteiger partial charge < -0.3 is 20.1 Å². The number of carbonyl (C=O) groups excluding carboxylic acids is 1. The van der Waals surface area contributed by atoms with Crippen LogP contribution < -0.4 is 10.1 Å². The van der Waals surface area contributed by atoms with E-state index in [4.69, 9.17) is 5.11 Å². The molecule has 144 valence electrons. The lowest BCUT2D eigenvalue weighted by Gasteiger charge is -2.31. The van der Waals surface area contributed by atoms with Gasteiger partial charge in [0.25, 0.3) is 0 Å². The first kappa shape index (κ1) is 20.0. The number of amides is 1. The molecule has 1 fully saturated rings. The van der Waals surface area contributed by atoms with Crippen molar-refractivity contribution in [2.24, 2.45) is 0 Å². The van der Waals surface area contributed by atoms with Crippen LogP contribution in [-0.4, -0.2) is 79.3 Å². The lowest BCUT2D eigenvalue weighted by molar-refractivity contribution is -0.153. The van der Waals surface area contributed by atoms with Gasteiger partial charge in [-0.25, -0.2) is 4.79 Å².